The van der Waals surface area contributed by atoms with Gasteiger partial charge in [0.05, 0.1) is 5.41 Å². The molecule has 0 spiro atoms. The van der Waals surface area contributed by atoms with Crippen LogP contribution in [0.1, 0.15) is 46.0 Å². The molecule has 0 amide bonds. The molecule has 0 radical (unpaired) electrons. The Kier molecular flexibility index (Phi) is 3.29. The molecule has 1 rings (SSSR count). The van der Waals surface area contributed by atoms with Crippen molar-refractivity contribution in [3.8, 4) is 0 Å². The molecule has 1 aliphatic carbocycles. The van der Waals surface area contributed by atoms with E-state index in [0.29, 0.717) is 38.0 Å². The molecule has 0 atom stereocenters. The first-order valence-corrected chi connectivity index (χ1v) is 5.21. The van der Waals surface area contributed by atoms with E-state index >= 15 is 0 Å². The van der Waals surface area contributed by atoms with Gasteiger partial charge in [-0.3, -0.25) is 9.59 Å². The molecular formula is C11H18O3. The van der Waals surface area contributed by atoms with E-state index in [1.165, 1.54) is 0 Å². The van der Waals surface area contributed by atoms with Gasteiger partial charge < -0.3 is 5.11 Å². The number of carbonyl (C=O) groups excluding carboxylic acids is 1. The Hall–Kier alpha value is -0.860. The summed E-state index contributed by atoms with van der Waals surface area (Å²) >= 11 is 0. The SMILES string of the molecule is CC(C)CC1(C(=O)O)CCC(=O)CC1. The minimum Gasteiger partial charge on any atom is -0.481 e. The van der Waals surface area contributed by atoms with Crippen LogP contribution in [0.3, 0.4) is 0 Å². The smallest absolute Gasteiger partial charge is 0.309 e. The van der Waals surface area contributed by atoms with Gasteiger partial charge in [-0.15, -0.1) is 0 Å². The largest absolute Gasteiger partial charge is 0.481 e. The Balaban J connectivity index is 2.73. The topological polar surface area (TPSA) is 54.4 Å². The van der Waals surface area contributed by atoms with Crippen molar-refractivity contribution in [2.24, 2.45) is 11.3 Å². The van der Waals surface area contributed by atoms with Crippen molar-refractivity contribution in [1.29, 1.82) is 0 Å². The predicted octanol–water partition coefficient (Wildman–Crippen LogP) is 2.25. The third-order valence-corrected chi connectivity index (χ3v) is 3.02. The van der Waals surface area contributed by atoms with Crippen LogP contribution >= 0.6 is 0 Å². The molecule has 3 nitrogen and oxygen atoms in total. The third kappa shape index (κ3) is 2.34. The minimum atomic E-state index is -0.723. The van der Waals surface area contributed by atoms with Gasteiger partial charge in [-0.2, -0.15) is 0 Å². The van der Waals surface area contributed by atoms with Gasteiger partial charge in [-0.25, -0.2) is 0 Å². The van der Waals surface area contributed by atoms with E-state index in [0.717, 1.165) is 0 Å². The molecule has 0 unspecified atom stereocenters. The average Bonchev–Trinajstić information content (AvgIpc) is 2.08. The number of ketones is 1. The zero-order valence-electron chi connectivity index (χ0n) is 8.88. The highest BCUT2D eigenvalue weighted by atomic mass is 16.4. The molecule has 0 saturated heterocycles. The van der Waals surface area contributed by atoms with Gasteiger partial charge >= 0.3 is 5.97 Å². The Morgan fingerprint density at radius 3 is 2.29 bits per heavy atom. The summed E-state index contributed by atoms with van der Waals surface area (Å²) in [5.41, 5.74) is -0.623. The van der Waals surface area contributed by atoms with E-state index in [2.05, 4.69) is 0 Å². The molecule has 1 saturated carbocycles. The number of carbonyl (C=O) groups is 2. The highest BCUT2D eigenvalue weighted by Gasteiger charge is 2.41. The van der Waals surface area contributed by atoms with Crippen LogP contribution in [-0.4, -0.2) is 16.9 Å². The van der Waals surface area contributed by atoms with Gasteiger partial charge in [0, 0.05) is 12.8 Å². The first-order valence-electron chi connectivity index (χ1n) is 5.21. The Morgan fingerprint density at radius 2 is 1.93 bits per heavy atom. The number of carboxylic acids is 1. The number of hydrogen-bond acceptors (Lipinski definition) is 2. The maximum Gasteiger partial charge on any atom is 0.309 e. The molecule has 80 valence electrons. The van der Waals surface area contributed by atoms with E-state index in [9.17, 15) is 14.7 Å². The second kappa shape index (κ2) is 4.11. The summed E-state index contributed by atoms with van der Waals surface area (Å²) in [6.07, 6.45) is 2.63. The van der Waals surface area contributed by atoms with Crippen molar-refractivity contribution in [3.63, 3.8) is 0 Å². The number of carboxylic acid groups (broad SMARTS) is 1. The third-order valence-electron chi connectivity index (χ3n) is 3.02. The Morgan fingerprint density at radius 1 is 1.43 bits per heavy atom. The van der Waals surface area contributed by atoms with Crippen molar-refractivity contribution in [2.75, 3.05) is 0 Å². The van der Waals surface area contributed by atoms with Crippen LogP contribution in [0.5, 0.6) is 0 Å². The number of rotatable bonds is 3. The first-order chi connectivity index (χ1) is 6.46. The van der Waals surface area contributed by atoms with Crippen LogP contribution in [0.4, 0.5) is 0 Å². The summed E-state index contributed by atoms with van der Waals surface area (Å²) in [7, 11) is 0. The molecule has 0 heterocycles. The lowest BCUT2D eigenvalue weighted by Crippen LogP contribution is -2.36. The summed E-state index contributed by atoms with van der Waals surface area (Å²) in [6, 6.07) is 0. The maximum atomic E-state index is 11.2. The van der Waals surface area contributed by atoms with Crippen molar-refractivity contribution in [1.82, 2.24) is 0 Å². The van der Waals surface area contributed by atoms with Crippen LogP contribution in [-0.2, 0) is 9.59 Å². The van der Waals surface area contributed by atoms with Crippen LogP contribution in [0, 0.1) is 11.3 Å². The number of Topliss-reactive ketones (excluding diaryl/α,β-unsaturated/α-hetero) is 1. The molecule has 0 bridgehead atoms. The maximum absolute atomic E-state index is 11.2. The van der Waals surface area contributed by atoms with Gasteiger partial charge in [0.25, 0.3) is 0 Å². The van der Waals surface area contributed by atoms with Crippen LogP contribution in [0.2, 0.25) is 0 Å². The highest BCUT2D eigenvalue weighted by Crippen LogP contribution is 2.40. The summed E-state index contributed by atoms with van der Waals surface area (Å²) < 4.78 is 0. The van der Waals surface area contributed by atoms with Crippen molar-refractivity contribution >= 4 is 11.8 Å². The molecule has 1 aliphatic rings. The summed E-state index contributed by atoms with van der Waals surface area (Å²) in [6.45, 7) is 4.06. The fourth-order valence-electron chi connectivity index (χ4n) is 2.29. The molecule has 3 heteroatoms. The fourth-order valence-corrected chi connectivity index (χ4v) is 2.29. The monoisotopic (exact) mass is 198 g/mol. The normalized spacial score (nSPS) is 21.2. The molecule has 0 aliphatic heterocycles. The summed E-state index contributed by atoms with van der Waals surface area (Å²) in [5, 5.41) is 9.21. The van der Waals surface area contributed by atoms with Crippen LogP contribution < -0.4 is 0 Å². The lowest BCUT2D eigenvalue weighted by atomic mass is 9.69. The quantitative estimate of drug-likeness (QED) is 0.756. The van der Waals surface area contributed by atoms with Crippen LogP contribution in [0.15, 0.2) is 0 Å². The molecule has 0 aromatic carbocycles. The van der Waals surface area contributed by atoms with E-state index in [1.54, 1.807) is 0 Å². The molecule has 1 N–H and O–H groups in total. The van der Waals surface area contributed by atoms with Crippen molar-refractivity contribution < 1.29 is 14.7 Å². The van der Waals surface area contributed by atoms with Crippen LogP contribution in [0.25, 0.3) is 0 Å². The lowest BCUT2D eigenvalue weighted by Gasteiger charge is -2.33. The Bertz CT molecular complexity index is 233. The fraction of sp³-hybridized carbons (Fsp3) is 0.818. The van der Waals surface area contributed by atoms with Gasteiger partial charge in [0.15, 0.2) is 0 Å². The first kappa shape index (κ1) is 11.2. The highest BCUT2D eigenvalue weighted by molar-refractivity contribution is 5.83. The molecule has 0 aromatic rings. The zero-order valence-corrected chi connectivity index (χ0v) is 8.88. The lowest BCUT2D eigenvalue weighted by molar-refractivity contribution is -0.153. The van der Waals surface area contributed by atoms with E-state index < -0.39 is 11.4 Å². The summed E-state index contributed by atoms with van der Waals surface area (Å²) in [5.74, 6) is -0.136. The van der Waals surface area contributed by atoms with Gasteiger partial charge in [-0.1, -0.05) is 13.8 Å². The molecule has 0 aromatic heterocycles. The zero-order chi connectivity index (χ0) is 10.8. The van der Waals surface area contributed by atoms with Gasteiger partial charge in [0.1, 0.15) is 5.78 Å². The summed E-state index contributed by atoms with van der Waals surface area (Å²) in [4.78, 5) is 22.3. The average molecular weight is 198 g/mol. The van der Waals surface area contributed by atoms with E-state index in [-0.39, 0.29) is 5.78 Å². The van der Waals surface area contributed by atoms with Crippen molar-refractivity contribution in [3.05, 3.63) is 0 Å². The predicted molar refractivity (Wildman–Crippen MR) is 53.0 cm³/mol. The molecular weight excluding hydrogens is 180 g/mol. The number of aliphatic carboxylic acids is 1. The van der Waals surface area contributed by atoms with Gasteiger partial charge in [-0.05, 0) is 25.2 Å². The minimum absolute atomic E-state index is 0.214. The molecule has 14 heavy (non-hydrogen) atoms. The second-order valence-corrected chi connectivity index (χ2v) is 4.72. The van der Waals surface area contributed by atoms with E-state index in [4.69, 9.17) is 0 Å². The number of hydrogen-bond donors (Lipinski definition) is 1. The second-order valence-electron chi connectivity index (χ2n) is 4.72. The van der Waals surface area contributed by atoms with Gasteiger partial charge in [0.2, 0.25) is 0 Å². The standard InChI is InChI=1S/C11H18O3/c1-8(2)7-11(10(13)14)5-3-9(12)4-6-11/h8H,3-7H2,1-2H3,(H,13,14). The van der Waals surface area contributed by atoms with E-state index in [1.807, 2.05) is 13.8 Å². The Labute approximate surface area is 84.5 Å². The van der Waals surface area contributed by atoms with Crippen molar-refractivity contribution in [2.45, 2.75) is 46.0 Å². The molecule has 1 fully saturated rings.